The van der Waals surface area contributed by atoms with Gasteiger partial charge in [0.2, 0.25) is 5.91 Å². The van der Waals surface area contributed by atoms with E-state index in [1.54, 1.807) is 18.2 Å². The molecule has 0 aliphatic carbocycles. The maximum absolute atomic E-state index is 14.1. The summed E-state index contributed by atoms with van der Waals surface area (Å²) >= 11 is 6.19. The smallest absolute Gasteiger partial charge is 0.384 e. The number of nitrogen functional groups attached to an aromatic ring is 1. The number of anilines is 1. The number of aromatic nitrogens is 3. The Hall–Kier alpha value is -3.45. The van der Waals surface area contributed by atoms with Gasteiger partial charge < -0.3 is 20.3 Å². The summed E-state index contributed by atoms with van der Waals surface area (Å²) < 4.78 is 59.5. The van der Waals surface area contributed by atoms with Crippen LogP contribution in [0.2, 0.25) is 5.02 Å². The molecule has 2 saturated heterocycles. The lowest BCUT2D eigenvalue weighted by atomic mass is 9.93. The zero-order chi connectivity index (χ0) is 26.5. The molecule has 37 heavy (non-hydrogen) atoms. The Balaban J connectivity index is 1.34. The molecule has 1 atom stereocenters. The van der Waals surface area contributed by atoms with Crippen LogP contribution in [0.15, 0.2) is 30.5 Å². The van der Waals surface area contributed by atoms with Crippen molar-refractivity contribution in [2.24, 2.45) is 0 Å². The molecule has 14 heteroatoms. The molecule has 0 saturated carbocycles. The highest BCUT2D eigenvalue weighted by molar-refractivity contribution is 6.31. The third-order valence-corrected chi connectivity index (χ3v) is 6.71. The van der Waals surface area contributed by atoms with Gasteiger partial charge in [0.25, 0.3) is 5.91 Å². The second kappa shape index (κ2) is 9.45. The molecule has 4 heterocycles. The molecule has 2 aliphatic rings. The standard InChI is InChI=1S/C23H21ClF4N6O3/c24-13-1-2-17-15(5-13)21(12-8-33(9-12)22(36)14-6-19(29)30-7-16(14)25)31-34(17)11-20(35)32-3-4-37-18(10-32)23(26,27)28/h1-2,5-7,12,18H,3-4,8-11H2,(H2,29,30)/t18-/m1/s1. The molecule has 2 aromatic heterocycles. The first-order valence-corrected chi connectivity index (χ1v) is 11.7. The monoisotopic (exact) mass is 540 g/mol. The van der Waals surface area contributed by atoms with Crippen LogP contribution in [0.4, 0.5) is 23.4 Å². The highest BCUT2D eigenvalue weighted by Crippen LogP contribution is 2.34. The Kier molecular flexibility index (Phi) is 6.44. The number of pyridine rings is 1. The molecular weight excluding hydrogens is 520 g/mol. The minimum Gasteiger partial charge on any atom is -0.384 e. The summed E-state index contributed by atoms with van der Waals surface area (Å²) in [6.07, 6.45) is -5.72. The van der Waals surface area contributed by atoms with E-state index in [-0.39, 0.29) is 50.1 Å². The largest absolute Gasteiger partial charge is 0.416 e. The van der Waals surface area contributed by atoms with Crippen molar-refractivity contribution >= 4 is 40.1 Å². The van der Waals surface area contributed by atoms with Gasteiger partial charge in [-0.3, -0.25) is 14.3 Å². The topological polar surface area (TPSA) is 107 Å². The van der Waals surface area contributed by atoms with Crippen LogP contribution in [-0.4, -0.2) is 81.4 Å². The summed E-state index contributed by atoms with van der Waals surface area (Å²) in [4.78, 5) is 31.8. The van der Waals surface area contributed by atoms with Crippen molar-refractivity contribution in [1.29, 1.82) is 0 Å². The van der Waals surface area contributed by atoms with Gasteiger partial charge >= 0.3 is 6.18 Å². The molecule has 2 fully saturated rings. The van der Waals surface area contributed by atoms with Gasteiger partial charge in [0.15, 0.2) is 11.9 Å². The zero-order valence-electron chi connectivity index (χ0n) is 19.2. The van der Waals surface area contributed by atoms with Crippen LogP contribution in [0, 0.1) is 5.82 Å². The maximum atomic E-state index is 14.1. The average Bonchev–Trinajstić information content (AvgIpc) is 3.16. The lowest BCUT2D eigenvalue weighted by Crippen LogP contribution is -2.51. The highest BCUT2D eigenvalue weighted by atomic mass is 35.5. The molecule has 196 valence electrons. The van der Waals surface area contributed by atoms with Gasteiger partial charge in [-0.15, -0.1) is 0 Å². The van der Waals surface area contributed by atoms with Crippen molar-refractivity contribution in [3.05, 3.63) is 52.6 Å². The van der Waals surface area contributed by atoms with E-state index in [1.807, 2.05) is 0 Å². The predicted molar refractivity (Wildman–Crippen MR) is 124 cm³/mol. The van der Waals surface area contributed by atoms with Crippen molar-refractivity contribution in [2.45, 2.75) is 24.7 Å². The minimum atomic E-state index is -4.57. The Morgan fingerprint density at radius 3 is 2.65 bits per heavy atom. The van der Waals surface area contributed by atoms with Crippen molar-refractivity contribution in [3.63, 3.8) is 0 Å². The van der Waals surface area contributed by atoms with Gasteiger partial charge in [0.05, 0.1) is 36.1 Å². The zero-order valence-corrected chi connectivity index (χ0v) is 20.0. The predicted octanol–water partition coefficient (Wildman–Crippen LogP) is 2.84. The number of nitrogens with zero attached hydrogens (tertiary/aromatic N) is 5. The first-order valence-electron chi connectivity index (χ1n) is 11.3. The molecule has 5 rings (SSSR count). The number of morpholine rings is 1. The second-order valence-electron chi connectivity index (χ2n) is 8.94. The molecule has 0 radical (unpaired) electrons. The number of rotatable bonds is 4. The van der Waals surface area contributed by atoms with Gasteiger partial charge in [-0.2, -0.15) is 18.3 Å². The normalized spacial score (nSPS) is 18.8. The van der Waals surface area contributed by atoms with Crippen LogP contribution in [0.3, 0.4) is 0 Å². The summed E-state index contributed by atoms with van der Waals surface area (Å²) in [5, 5.41) is 5.66. The Morgan fingerprint density at radius 2 is 1.92 bits per heavy atom. The van der Waals surface area contributed by atoms with Gasteiger partial charge in [-0.25, -0.2) is 9.37 Å². The molecule has 2 N–H and O–H groups in total. The number of fused-ring (bicyclic) bond motifs is 1. The minimum absolute atomic E-state index is 0.0210. The summed E-state index contributed by atoms with van der Waals surface area (Å²) in [6, 6.07) is 6.16. The van der Waals surface area contributed by atoms with Crippen molar-refractivity contribution in [2.75, 3.05) is 38.5 Å². The van der Waals surface area contributed by atoms with Crippen LogP contribution >= 0.6 is 11.6 Å². The fourth-order valence-corrected chi connectivity index (χ4v) is 4.68. The second-order valence-corrected chi connectivity index (χ2v) is 9.38. The van der Waals surface area contributed by atoms with E-state index in [1.165, 1.54) is 15.6 Å². The third kappa shape index (κ3) is 4.92. The lowest BCUT2D eigenvalue weighted by Gasteiger charge is -2.38. The number of carbonyl (C=O) groups is 2. The summed E-state index contributed by atoms with van der Waals surface area (Å²) in [6.45, 7) is -0.561. The number of amides is 2. The van der Waals surface area contributed by atoms with Crippen LogP contribution in [0.5, 0.6) is 0 Å². The van der Waals surface area contributed by atoms with Gasteiger partial charge in [-0.05, 0) is 24.3 Å². The lowest BCUT2D eigenvalue weighted by molar-refractivity contribution is -0.236. The number of hydrogen-bond donors (Lipinski definition) is 1. The molecule has 0 bridgehead atoms. The number of carbonyl (C=O) groups excluding carboxylic acids is 2. The van der Waals surface area contributed by atoms with Crippen molar-refractivity contribution in [1.82, 2.24) is 24.6 Å². The molecular formula is C23H21ClF4N6O3. The Labute approximate surface area is 212 Å². The van der Waals surface area contributed by atoms with E-state index in [0.717, 1.165) is 11.1 Å². The van der Waals surface area contributed by atoms with Crippen LogP contribution in [0.1, 0.15) is 22.0 Å². The number of likely N-dealkylation sites (tertiary alicyclic amines) is 1. The maximum Gasteiger partial charge on any atom is 0.416 e. The van der Waals surface area contributed by atoms with E-state index in [2.05, 4.69) is 10.1 Å². The van der Waals surface area contributed by atoms with Gasteiger partial charge in [0.1, 0.15) is 12.4 Å². The van der Waals surface area contributed by atoms with Crippen LogP contribution < -0.4 is 5.73 Å². The van der Waals surface area contributed by atoms with Crippen LogP contribution in [0.25, 0.3) is 10.9 Å². The average molecular weight is 541 g/mol. The fourth-order valence-electron chi connectivity index (χ4n) is 4.51. The molecule has 1 aromatic carbocycles. The van der Waals surface area contributed by atoms with E-state index < -0.39 is 36.5 Å². The molecule has 9 nitrogen and oxygen atoms in total. The molecule has 0 unspecified atom stereocenters. The third-order valence-electron chi connectivity index (χ3n) is 6.47. The van der Waals surface area contributed by atoms with E-state index in [4.69, 9.17) is 22.1 Å². The fraction of sp³-hybridized carbons (Fsp3) is 0.391. The summed E-state index contributed by atoms with van der Waals surface area (Å²) in [5.74, 6) is -2.04. The highest BCUT2D eigenvalue weighted by Gasteiger charge is 2.44. The molecule has 2 amide bonds. The number of ether oxygens (including phenoxy) is 1. The molecule has 3 aromatic rings. The summed E-state index contributed by atoms with van der Waals surface area (Å²) in [5.41, 5.74) is 6.55. The Morgan fingerprint density at radius 1 is 1.16 bits per heavy atom. The number of alkyl halides is 3. The molecule has 2 aliphatic heterocycles. The quantitative estimate of drug-likeness (QED) is 0.510. The van der Waals surface area contributed by atoms with Gasteiger partial charge in [-0.1, -0.05) is 11.6 Å². The van der Waals surface area contributed by atoms with Crippen LogP contribution in [-0.2, 0) is 16.1 Å². The number of hydrogen-bond acceptors (Lipinski definition) is 6. The number of halogens is 5. The first kappa shape index (κ1) is 25.2. The molecule has 0 spiro atoms. The van der Waals surface area contributed by atoms with E-state index in [9.17, 15) is 27.2 Å². The van der Waals surface area contributed by atoms with Crippen molar-refractivity contribution in [3.8, 4) is 0 Å². The SMILES string of the molecule is Nc1cc(C(=O)N2CC(c3nn(CC(=O)N4CCO[C@@H](C(F)(F)F)C4)c4ccc(Cl)cc34)C2)c(F)cn1. The number of nitrogens with two attached hydrogens (primary N) is 1. The van der Waals surface area contributed by atoms with Crippen molar-refractivity contribution < 1.29 is 31.9 Å². The van der Waals surface area contributed by atoms with Gasteiger partial charge in [0, 0.05) is 36.0 Å². The summed E-state index contributed by atoms with van der Waals surface area (Å²) in [7, 11) is 0. The van der Waals surface area contributed by atoms with E-state index in [0.29, 0.717) is 21.6 Å². The Bertz CT molecular complexity index is 1370. The first-order chi connectivity index (χ1) is 17.5. The van der Waals surface area contributed by atoms with E-state index >= 15 is 0 Å². The number of benzene rings is 1.